The summed E-state index contributed by atoms with van der Waals surface area (Å²) in [6.07, 6.45) is 9.97. The third-order valence-corrected chi connectivity index (χ3v) is 14.8. The van der Waals surface area contributed by atoms with Gasteiger partial charge in [0.1, 0.15) is 34.8 Å². The molecular weight excluding hydrogens is 903 g/mol. The number of halogens is 3. The molecule has 2 saturated carbocycles. The van der Waals surface area contributed by atoms with Crippen LogP contribution in [0.5, 0.6) is 11.5 Å². The fourth-order valence-corrected chi connectivity index (χ4v) is 10.8. The Morgan fingerprint density at radius 3 is 1.34 bits per heavy atom. The average Bonchev–Trinajstić information content (AvgIpc) is 4.29. The van der Waals surface area contributed by atoms with E-state index < -0.39 is 0 Å². The second kappa shape index (κ2) is 21.6. The summed E-state index contributed by atoms with van der Waals surface area (Å²) < 4.78 is 11.2. The fraction of sp³-hybridized carbons (Fsp3) is 0.472. The van der Waals surface area contributed by atoms with Gasteiger partial charge in [0.15, 0.2) is 0 Å². The van der Waals surface area contributed by atoms with Gasteiger partial charge in [0, 0.05) is 65.2 Å². The summed E-state index contributed by atoms with van der Waals surface area (Å²) >= 11 is 14.0. The van der Waals surface area contributed by atoms with Gasteiger partial charge in [-0.2, -0.15) is 0 Å². The van der Waals surface area contributed by atoms with E-state index in [1.807, 2.05) is 42.3 Å². The van der Waals surface area contributed by atoms with Gasteiger partial charge in [0.05, 0.1) is 64.1 Å². The van der Waals surface area contributed by atoms with Crippen molar-refractivity contribution in [1.82, 2.24) is 19.9 Å². The molecule has 0 unspecified atom stereocenters. The minimum atomic E-state index is 0. The van der Waals surface area contributed by atoms with Crippen LogP contribution in [0.15, 0.2) is 72.8 Å². The Balaban J connectivity index is 0.000000179. The zero-order valence-electron chi connectivity index (χ0n) is 39.6. The molecular formula is C53H65Cl3N8O3. The Hall–Kier alpha value is -4.81. The van der Waals surface area contributed by atoms with Crippen LogP contribution >= 0.6 is 35.6 Å². The molecule has 14 heteroatoms. The fourth-order valence-electron chi connectivity index (χ4n) is 9.98. The molecule has 11 nitrogen and oxygen atoms in total. The first kappa shape index (κ1) is 48.6. The molecule has 0 spiro atoms. The van der Waals surface area contributed by atoms with Gasteiger partial charge in [0.2, 0.25) is 0 Å². The summed E-state index contributed by atoms with van der Waals surface area (Å²) in [5, 5.41) is 12.7. The molecule has 2 aliphatic carbocycles. The van der Waals surface area contributed by atoms with Crippen molar-refractivity contribution in [2.24, 2.45) is 0 Å². The maximum atomic E-state index is 9.39. The Bertz CT molecular complexity index is 2470. The number of fused-ring (bicyclic) bond motifs is 2. The number of benzene rings is 4. The van der Waals surface area contributed by atoms with Crippen molar-refractivity contribution < 1.29 is 14.6 Å². The van der Waals surface area contributed by atoms with Gasteiger partial charge < -0.3 is 34.2 Å². The van der Waals surface area contributed by atoms with Gasteiger partial charge in [-0.1, -0.05) is 66.5 Å². The van der Waals surface area contributed by atoms with Crippen LogP contribution in [0.4, 0.5) is 23.0 Å². The minimum Gasteiger partial charge on any atom is -0.496 e. The summed E-state index contributed by atoms with van der Waals surface area (Å²) in [6, 6.07) is 25.1. The number of anilines is 4. The number of aliphatic hydroxyl groups is 1. The van der Waals surface area contributed by atoms with E-state index >= 15 is 0 Å². The molecule has 4 aromatic carbocycles. The van der Waals surface area contributed by atoms with Gasteiger partial charge in [-0.25, -0.2) is 19.9 Å². The summed E-state index contributed by atoms with van der Waals surface area (Å²) in [6.45, 7) is 7.46. The molecule has 0 atom stereocenters. The van der Waals surface area contributed by atoms with Crippen molar-refractivity contribution in [3.8, 4) is 11.5 Å². The number of hydrogen-bond donors (Lipinski definition) is 1. The van der Waals surface area contributed by atoms with E-state index in [1.165, 1.54) is 24.0 Å². The third kappa shape index (κ3) is 10.5. The Morgan fingerprint density at radius 1 is 0.567 bits per heavy atom. The van der Waals surface area contributed by atoms with Crippen molar-refractivity contribution in [2.75, 3.05) is 93.8 Å². The monoisotopic (exact) mass is 966 g/mol. The lowest BCUT2D eigenvalue weighted by atomic mass is 9.88. The zero-order chi connectivity index (χ0) is 45.9. The van der Waals surface area contributed by atoms with E-state index in [-0.39, 0.29) is 19.0 Å². The predicted molar refractivity (Wildman–Crippen MR) is 279 cm³/mol. The second-order valence-electron chi connectivity index (χ2n) is 18.5. The molecule has 1 N–H and O–H groups in total. The smallest absolute Gasteiger partial charge is 0.141 e. The van der Waals surface area contributed by atoms with Crippen LogP contribution in [0, 0.1) is 0 Å². The average molecular weight is 969 g/mol. The van der Waals surface area contributed by atoms with E-state index in [2.05, 4.69) is 71.1 Å². The Kier molecular flexibility index (Phi) is 15.7. The number of likely N-dealkylation sites (N-methyl/N-ethyl adjacent to an activating group) is 1. The summed E-state index contributed by atoms with van der Waals surface area (Å²) in [5.41, 5.74) is 6.42. The largest absolute Gasteiger partial charge is 0.496 e. The highest BCUT2D eigenvalue weighted by Crippen LogP contribution is 2.46. The molecule has 10 rings (SSSR count). The summed E-state index contributed by atoms with van der Waals surface area (Å²) in [7, 11) is 7.55. The standard InChI is InChI=1S/C27H33ClN4O.C26H31ClN4O2.ClH/c1-4-15-31(2)22-12-11-21-24(25(22)28)27(30-26(29-21)19-9-10-19)32-16-13-18(14-17-32)20-7-5-6-8-23(20)33-3;1-30(15-16-32)21-10-9-20-23(24(21)27)26(29-25(28-20)18-7-8-18)31-13-11-17(12-14-31)19-5-3-4-6-22(19)33-2;/h5-8,11-12,18-19H,4,9-10,13-17H2,1-3H3;3-6,9-10,17-18,32H,7-8,11-16H2,1-2H3;1H. The van der Waals surface area contributed by atoms with E-state index in [0.717, 1.165) is 151 Å². The van der Waals surface area contributed by atoms with Gasteiger partial charge in [-0.05, 0) is 117 Å². The highest BCUT2D eigenvalue weighted by Gasteiger charge is 2.33. The first-order valence-corrected chi connectivity index (χ1v) is 24.8. The molecule has 0 radical (unpaired) electrons. The molecule has 2 aliphatic heterocycles. The number of aromatic nitrogens is 4. The van der Waals surface area contributed by atoms with Crippen molar-refractivity contribution in [3.05, 3.63) is 106 Å². The lowest BCUT2D eigenvalue weighted by Gasteiger charge is -2.34. The van der Waals surface area contributed by atoms with Crippen LogP contribution in [-0.4, -0.2) is 99.2 Å². The molecule has 2 saturated heterocycles. The number of methoxy groups -OCH3 is 2. The summed E-state index contributed by atoms with van der Waals surface area (Å²) in [4.78, 5) is 29.0. The van der Waals surface area contributed by atoms with Gasteiger partial charge in [0.25, 0.3) is 0 Å². The van der Waals surface area contributed by atoms with E-state index in [9.17, 15) is 5.11 Å². The first-order valence-electron chi connectivity index (χ1n) is 24.0. The number of aliphatic hydroxyl groups excluding tert-OH is 1. The van der Waals surface area contributed by atoms with Crippen LogP contribution in [0.3, 0.4) is 0 Å². The van der Waals surface area contributed by atoms with Crippen LogP contribution in [0.2, 0.25) is 10.0 Å². The van der Waals surface area contributed by atoms with Gasteiger partial charge in [-0.3, -0.25) is 0 Å². The molecule has 4 heterocycles. The normalized spacial score (nSPS) is 16.7. The van der Waals surface area contributed by atoms with E-state index in [0.29, 0.717) is 35.2 Å². The van der Waals surface area contributed by atoms with Crippen molar-refractivity contribution >= 4 is 80.4 Å². The SMILES string of the molecule is CCCN(C)c1ccc2nc(C3CC3)nc(N3CCC(c4ccccc4OC)CC3)c2c1Cl.COc1ccccc1C1CCN(c2nc(C3CC3)nc3ccc(N(C)CCO)c(Cl)c23)CC1.Cl. The molecule has 356 valence electrons. The van der Waals surface area contributed by atoms with Crippen molar-refractivity contribution in [3.63, 3.8) is 0 Å². The highest BCUT2D eigenvalue weighted by molar-refractivity contribution is 6.39. The lowest BCUT2D eigenvalue weighted by Crippen LogP contribution is -2.34. The van der Waals surface area contributed by atoms with Gasteiger partial charge >= 0.3 is 0 Å². The van der Waals surface area contributed by atoms with Gasteiger partial charge in [-0.15, -0.1) is 12.4 Å². The first-order chi connectivity index (χ1) is 32.2. The molecule has 6 aromatic rings. The number of rotatable bonds is 14. The summed E-state index contributed by atoms with van der Waals surface area (Å²) in [5.74, 6) is 7.78. The molecule has 4 fully saturated rings. The number of para-hydroxylation sites is 2. The van der Waals surface area contributed by atoms with E-state index in [4.69, 9.17) is 52.6 Å². The number of hydrogen-bond acceptors (Lipinski definition) is 11. The quantitative estimate of drug-likeness (QED) is 0.113. The third-order valence-electron chi connectivity index (χ3n) is 14.0. The predicted octanol–water partition coefficient (Wildman–Crippen LogP) is 11.8. The number of ether oxygens (including phenoxy) is 2. The van der Waals surface area contributed by atoms with Crippen LogP contribution in [0.25, 0.3) is 21.8 Å². The van der Waals surface area contributed by atoms with Crippen molar-refractivity contribution in [1.29, 1.82) is 0 Å². The lowest BCUT2D eigenvalue weighted by molar-refractivity contribution is 0.304. The molecule has 4 aliphatic rings. The molecule has 67 heavy (non-hydrogen) atoms. The topological polar surface area (TPSA) is 103 Å². The number of nitrogens with zero attached hydrogens (tertiary/aromatic N) is 8. The minimum absolute atomic E-state index is 0. The van der Waals surface area contributed by atoms with Crippen molar-refractivity contribution in [2.45, 2.75) is 88.4 Å². The molecule has 2 aromatic heterocycles. The van der Waals surface area contributed by atoms with Crippen LogP contribution in [0.1, 0.15) is 111 Å². The Morgan fingerprint density at radius 2 is 0.970 bits per heavy atom. The zero-order valence-corrected chi connectivity index (χ0v) is 41.9. The maximum Gasteiger partial charge on any atom is 0.141 e. The van der Waals surface area contributed by atoms with E-state index in [1.54, 1.807) is 14.2 Å². The van der Waals surface area contributed by atoms with Crippen LogP contribution in [-0.2, 0) is 0 Å². The molecule has 0 amide bonds. The maximum absolute atomic E-state index is 9.39. The Labute approximate surface area is 412 Å². The highest BCUT2D eigenvalue weighted by atomic mass is 35.5. The number of piperidine rings is 2. The second-order valence-corrected chi connectivity index (χ2v) is 19.3. The molecule has 0 bridgehead atoms. The van der Waals surface area contributed by atoms with Crippen LogP contribution < -0.4 is 29.1 Å².